The molecule has 144 valence electrons. The highest BCUT2D eigenvalue weighted by Gasteiger charge is 2.28. The van der Waals surface area contributed by atoms with Gasteiger partial charge in [0.1, 0.15) is 5.60 Å². The molecule has 0 aromatic rings. The molecule has 0 saturated heterocycles. The summed E-state index contributed by atoms with van der Waals surface area (Å²) in [7, 11) is 4.01. The molecule has 0 atom stereocenters. The molecule has 1 aliphatic carbocycles. The Morgan fingerprint density at radius 2 is 1.76 bits per heavy atom. The van der Waals surface area contributed by atoms with Gasteiger partial charge in [0, 0.05) is 19.0 Å². The van der Waals surface area contributed by atoms with E-state index < -0.39 is 5.60 Å². The highest BCUT2D eigenvalue weighted by molar-refractivity contribution is 5.68. The average Bonchev–Trinajstić information content (AvgIpc) is 2.53. The zero-order valence-corrected chi connectivity index (χ0v) is 17.2. The van der Waals surface area contributed by atoms with Crippen LogP contribution in [0.1, 0.15) is 72.6 Å². The number of unbranched alkanes of at least 4 members (excludes halogenated alkanes) is 2. The summed E-state index contributed by atoms with van der Waals surface area (Å²) in [5.74, 6) is 7.27. The quantitative estimate of drug-likeness (QED) is 0.521. The van der Waals surface area contributed by atoms with Crippen LogP contribution in [0.25, 0.3) is 0 Å². The standard InChI is InChI=1S/C21H38N2O2/c1-7-8-9-16-22(5)17-10-11-18-12-14-19(15-13-18)23(6)20(24)25-21(2,3)4/h18-19H,7-9,12-17H2,1-6H3. The van der Waals surface area contributed by atoms with Crippen molar-refractivity contribution >= 4 is 6.09 Å². The summed E-state index contributed by atoms with van der Waals surface area (Å²) in [6, 6.07) is 0.282. The van der Waals surface area contributed by atoms with Crippen LogP contribution in [0, 0.1) is 17.8 Å². The molecule has 0 unspecified atom stereocenters. The highest BCUT2D eigenvalue weighted by Crippen LogP contribution is 2.27. The molecule has 4 nitrogen and oxygen atoms in total. The van der Waals surface area contributed by atoms with Crippen molar-refractivity contribution in [3.05, 3.63) is 0 Å². The number of hydrogen-bond donors (Lipinski definition) is 0. The lowest BCUT2D eigenvalue weighted by Gasteiger charge is -2.34. The van der Waals surface area contributed by atoms with E-state index in [0.29, 0.717) is 5.92 Å². The lowest BCUT2D eigenvalue weighted by molar-refractivity contribution is 0.0180. The Balaban J connectivity index is 2.32. The second-order valence-electron chi connectivity index (χ2n) is 8.36. The summed E-state index contributed by atoms with van der Waals surface area (Å²) >= 11 is 0. The Hall–Kier alpha value is -1.21. The van der Waals surface area contributed by atoms with Gasteiger partial charge in [0.2, 0.25) is 0 Å². The molecule has 1 saturated carbocycles. The number of amides is 1. The number of nitrogens with zero attached hydrogens (tertiary/aromatic N) is 2. The van der Waals surface area contributed by atoms with Gasteiger partial charge in [0.05, 0.1) is 6.54 Å². The molecule has 1 aliphatic rings. The second kappa shape index (κ2) is 10.7. The van der Waals surface area contributed by atoms with Crippen molar-refractivity contribution in [2.24, 2.45) is 5.92 Å². The third-order valence-corrected chi connectivity index (χ3v) is 4.72. The number of ether oxygens (including phenoxy) is 1. The van der Waals surface area contributed by atoms with Gasteiger partial charge in [-0.05, 0) is 66.5 Å². The normalized spacial score (nSPS) is 20.8. The minimum Gasteiger partial charge on any atom is -0.444 e. The molecule has 0 aromatic carbocycles. The molecule has 0 spiro atoms. The van der Waals surface area contributed by atoms with Gasteiger partial charge in [0.15, 0.2) is 0 Å². The van der Waals surface area contributed by atoms with E-state index in [9.17, 15) is 4.79 Å². The maximum absolute atomic E-state index is 12.2. The van der Waals surface area contributed by atoms with E-state index in [2.05, 4.69) is 30.7 Å². The highest BCUT2D eigenvalue weighted by atomic mass is 16.6. The van der Waals surface area contributed by atoms with E-state index >= 15 is 0 Å². The number of rotatable bonds is 6. The van der Waals surface area contributed by atoms with Crippen LogP contribution < -0.4 is 0 Å². The molecule has 1 fully saturated rings. The van der Waals surface area contributed by atoms with E-state index in [1.807, 2.05) is 27.8 Å². The van der Waals surface area contributed by atoms with E-state index in [0.717, 1.165) is 38.8 Å². The monoisotopic (exact) mass is 350 g/mol. The van der Waals surface area contributed by atoms with E-state index in [1.54, 1.807) is 4.90 Å². The largest absolute Gasteiger partial charge is 0.444 e. The van der Waals surface area contributed by atoms with Gasteiger partial charge in [-0.2, -0.15) is 0 Å². The minimum absolute atomic E-state index is 0.212. The van der Waals surface area contributed by atoms with Gasteiger partial charge in [-0.3, -0.25) is 4.90 Å². The van der Waals surface area contributed by atoms with Crippen molar-refractivity contribution in [1.82, 2.24) is 9.80 Å². The lowest BCUT2D eigenvalue weighted by atomic mass is 9.86. The van der Waals surface area contributed by atoms with Crippen molar-refractivity contribution in [3.8, 4) is 11.8 Å². The topological polar surface area (TPSA) is 32.8 Å². The lowest BCUT2D eigenvalue weighted by Crippen LogP contribution is -2.42. The van der Waals surface area contributed by atoms with Crippen molar-refractivity contribution in [3.63, 3.8) is 0 Å². The first-order chi connectivity index (χ1) is 11.7. The molecule has 1 amide bonds. The number of carbonyl (C=O) groups is 1. The van der Waals surface area contributed by atoms with Crippen LogP contribution >= 0.6 is 0 Å². The first kappa shape index (κ1) is 21.8. The summed E-state index contributed by atoms with van der Waals surface area (Å²) in [6.45, 7) is 9.95. The van der Waals surface area contributed by atoms with Gasteiger partial charge in [-0.15, -0.1) is 0 Å². The molecule has 0 heterocycles. The Morgan fingerprint density at radius 3 is 2.32 bits per heavy atom. The Morgan fingerprint density at radius 1 is 1.12 bits per heavy atom. The second-order valence-corrected chi connectivity index (χ2v) is 8.36. The molecule has 0 aromatic heterocycles. The van der Waals surface area contributed by atoms with Crippen LogP contribution in [0.4, 0.5) is 4.79 Å². The predicted molar refractivity (Wildman–Crippen MR) is 105 cm³/mol. The third kappa shape index (κ3) is 9.16. The Bertz CT molecular complexity index is 451. The molecular weight excluding hydrogens is 312 g/mol. The Labute approximate surface area is 155 Å². The summed E-state index contributed by atoms with van der Waals surface area (Å²) in [6.07, 6.45) is 7.79. The molecule has 0 aliphatic heterocycles. The summed E-state index contributed by atoms with van der Waals surface area (Å²) in [5, 5.41) is 0. The summed E-state index contributed by atoms with van der Waals surface area (Å²) in [5.41, 5.74) is -0.433. The molecule has 0 bridgehead atoms. The van der Waals surface area contributed by atoms with Gasteiger partial charge in [-0.1, -0.05) is 31.6 Å². The van der Waals surface area contributed by atoms with Crippen LogP contribution in [-0.4, -0.2) is 54.7 Å². The van der Waals surface area contributed by atoms with Gasteiger partial charge >= 0.3 is 6.09 Å². The molecule has 0 radical (unpaired) electrons. The third-order valence-electron chi connectivity index (χ3n) is 4.72. The fraction of sp³-hybridized carbons (Fsp3) is 0.857. The summed E-state index contributed by atoms with van der Waals surface area (Å²) < 4.78 is 5.46. The molecule has 1 rings (SSSR count). The maximum Gasteiger partial charge on any atom is 0.410 e. The van der Waals surface area contributed by atoms with Gasteiger partial charge in [0.25, 0.3) is 0 Å². The van der Waals surface area contributed by atoms with E-state index in [4.69, 9.17) is 4.74 Å². The number of hydrogen-bond acceptors (Lipinski definition) is 3. The Kier molecular flexibility index (Phi) is 9.35. The fourth-order valence-corrected chi connectivity index (χ4v) is 3.13. The SMILES string of the molecule is CCCCCN(C)CC#CC1CCC(N(C)C(=O)OC(C)(C)C)CC1. The van der Waals surface area contributed by atoms with Gasteiger partial charge in [-0.25, -0.2) is 4.79 Å². The zero-order valence-electron chi connectivity index (χ0n) is 17.2. The molecular formula is C21H38N2O2. The van der Waals surface area contributed by atoms with Crippen molar-refractivity contribution in [2.75, 3.05) is 27.2 Å². The molecule has 0 N–H and O–H groups in total. The van der Waals surface area contributed by atoms with Crippen LogP contribution in [0.2, 0.25) is 0 Å². The maximum atomic E-state index is 12.2. The first-order valence-electron chi connectivity index (χ1n) is 9.85. The van der Waals surface area contributed by atoms with Gasteiger partial charge < -0.3 is 9.64 Å². The minimum atomic E-state index is -0.433. The van der Waals surface area contributed by atoms with Crippen molar-refractivity contribution < 1.29 is 9.53 Å². The van der Waals surface area contributed by atoms with Crippen LogP contribution in [0.15, 0.2) is 0 Å². The first-order valence-corrected chi connectivity index (χ1v) is 9.85. The predicted octanol–water partition coefficient (Wildman–Crippen LogP) is 4.54. The van der Waals surface area contributed by atoms with Crippen molar-refractivity contribution in [1.29, 1.82) is 0 Å². The summed E-state index contributed by atoms with van der Waals surface area (Å²) in [4.78, 5) is 16.2. The van der Waals surface area contributed by atoms with Crippen LogP contribution in [0.3, 0.4) is 0 Å². The van der Waals surface area contributed by atoms with Crippen LogP contribution in [-0.2, 0) is 4.74 Å². The smallest absolute Gasteiger partial charge is 0.410 e. The van der Waals surface area contributed by atoms with E-state index in [-0.39, 0.29) is 12.1 Å². The number of carbonyl (C=O) groups excluding carboxylic acids is 1. The van der Waals surface area contributed by atoms with Crippen molar-refractivity contribution in [2.45, 2.75) is 84.3 Å². The fourth-order valence-electron chi connectivity index (χ4n) is 3.13. The zero-order chi connectivity index (χ0) is 18.9. The average molecular weight is 351 g/mol. The van der Waals surface area contributed by atoms with Crippen LogP contribution in [0.5, 0.6) is 0 Å². The molecule has 25 heavy (non-hydrogen) atoms. The van der Waals surface area contributed by atoms with E-state index in [1.165, 1.54) is 19.3 Å². The molecule has 4 heteroatoms.